The fraction of sp³-hybridized carbons (Fsp3) is 1.00. The van der Waals surface area contributed by atoms with Crippen LogP contribution in [0.2, 0.25) is 0 Å². The second kappa shape index (κ2) is 3.87. The highest BCUT2D eigenvalue weighted by molar-refractivity contribution is 4.57. The fourth-order valence-electron chi connectivity index (χ4n) is 0.499. The van der Waals surface area contributed by atoms with E-state index in [0.717, 1.165) is 13.0 Å². The van der Waals surface area contributed by atoms with Crippen molar-refractivity contribution in [3.63, 3.8) is 0 Å². The van der Waals surface area contributed by atoms with E-state index < -0.39 is 0 Å². The number of hydrogen-bond donors (Lipinski definition) is 1. The molecule has 1 unspecified atom stereocenters. The minimum atomic E-state index is 0.625. The smallest absolute Gasteiger partial charge is 0.00728 e. The summed E-state index contributed by atoms with van der Waals surface area (Å²) in [7, 11) is 4.14. The first-order valence-corrected chi connectivity index (χ1v) is 3.05. The van der Waals surface area contributed by atoms with Crippen LogP contribution in [0, 0.1) is 0 Å². The normalized spacial score (nSPS) is 14.6. The molecule has 0 aliphatic rings. The third kappa shape index (κ3) is 2.99. The van der Waals surface area contributed by atoms with Gasteiger partial charge in [-0.05, 0) is 34.0 Å². The fourth-order valence-corrected chi connectivity index (χ4v) is 0.499. The summed E-state index contributed by atoms with van der Waals surface area (Å²) in [6.45, 7) is 2.96. The van der Waals surface area contributed by atoms with Gasteiger partial charge in [-0.3, -0.25) is 0 Å². The van der Waals surface area contributed by atoms with Crippen molar-refractivity contribution in [2.75, 3.05) is 20.6 Å². The Morgan fingerprint density at radius 3 is 2.12 bits per heavy atom. The second-order valence-electron chi connectivity index (χ2n) is 2.39. The maximum atomic E-state index is 5.34. The molecule has 0 heterocycles. The number of nitrogens with two attached hydrogens (primary N) is 1. The van der Waals surface area contributed by atoms with Crippen LogP contribution in [-0.2, 0) is 0 Å². The highest BCUT2D eigenvalue weighted by Crippen LogP contribution is 1.93. The Bertz CT molecular complexity index is 52.5. The molecule has 0 saturated carbocycles. The van der Waals surface area contributed by atoms with Gasteiger partial charge in [-0.2, -0.15) is 0 Å². The molecule has 0 aliphatic heterocycles. The molecular formula is C6H16N2. The van der Waals surface area contributed by atoms with Crippen molar-refractivity contribution < 1.29 is 0 Å². The molecule has 2 nitrogen and oxygen atoms in total. The zero-order valence-corrected chi connectivity index (χ0v) is 6.02. The summed E-state index contributed by atoms with van der Waals surface area (Å²) in [5.74, 6) is 0. The molecule has 0 spiro atoms. The molecule has 2 N–H and O–H groups in total. The van der Waals surface area contributed by atoms with Crippen molar-refractivity contribution in [1.29, 1.82) is 0 Å². The summed E-state index contributed by atoms with van der Waals surface area (Å²) in [6.07, 6.45) is 1.09. The second-order valence-corrected chi connectivity index (χ2v) is 2.39. The third-order valence-electron chi connectivity index (χ3n) is 1.47. The van der Waals surface area contributed by atoms with E-state index in [1.165, 1.54) is 0 Å². The lowest BCUT2D eigenvalue weighted by Crippen LogP contribution is -2.26. The molecule has 0 aromatic carbocycles. The average molecular weight is 116 g/mol. The largest absolute Gasteiger partial charge is 0.330 e. The molecule has 8 heavy (non-hydrogen) atoms. The van der Waals surface area contributed by atoms with Gasteiger partial charge in [0, 0.05) is 6.04 Å². The summed E-state index contributed by atoms with van der Waals surface area (Å²) in [4.78, 5) is 2.17. The van der Waals surface area contributed by atoms with Crippen LogP contribution >= 0.6 is 0 Å². The average Bonchev–Trinajstić information content (AvgIpc) is 1.67. The highest BCUT2D eigenvalue weighted by Gasteiger charge is 2.00. The van der Waals surface area contributed by atoms with Crippen molar-refractivity contribution in [2.45, 2.75) is 19.4 Å². The van der Waals surface area contributed by atoms with Crippen LogP contribution in [0.25, 0.3) is 0 Å². The Balaban J connectivity index is 3.17. The molecule has 50 valence electrons. The van der Waals surface area contributed by atoms with E-state index in [4.69, 9.17) is 5.73 Å². The molecular weight excluding hydrogens is 100 g/mol. The lowest BCUT2D eigenvalue weighted by atomic mass is 10.2. The molecule has 0 aromatic heterocycles. The zero-order chi connectivity index (χ0) is 6.57. The molecule has 0 amide bonds. The summed E-state index contributed by atoms with van der Waals surface area (Å²) in [5.41, 5.74) is 5.34. The van der Waals surface area contributed by atoms with E-state index in [2.05, 4.69) is 25.9 Å². The maximum absolute atomic E-state index is 5.34. The van der Waals surface area contributed by atoms with Crippen LogP contribution in [0.5, 0.6) is 0 Å². The minimum Gasteiger partial charge on any atom is -0.330 e. The van der Waals surface area contributed by atoms with Crippen molar-refractivity contribution >= 4 is 0 Å². The lowest BCUT2D eigenvalue weighted by molar-refractivity contribution is 0.302. The maximum Gasteiger partial charge on any atom is 0.00728 e. The lowest BCUT2D eigenvalue weighted by Gasteiger charge is -2.17. The van der Waals surface area contributed by atoms with Crippen LogP contribution in [-0.4, -0.2) is 31.6 Å². The van der Waals surface area contributed by atoms with Gasteiger partial charge < -0.3 is 10.6 Å². The number of rotatable bonds is 3. The standard InChI is InChI=1S/C6H16N2/c1-6(4-5-7)8(2)3/h6H,4-5,7H2,1-3H3. The van der Waals surface area contributed by atoms with E-state index in [1.807, 2.05) is 0 Å². The highest BCUT2D eigenvalue weighted by atomic mass is 15.1. The van der Waals surface area contributed by atoms with Crippen molar-refractivity contribution in [1.82, 2.24) is 4.90 Å². The number of nitrogens with zero attached hydrogens (tertiary/aromatic N) is 1. The first-order chi connectivity index (χ1) is 3.68. The first kappa shape index (κ1) is 7.92. The van der Waals surface area contributed by atoms with E-state index in [9.17, 15) is 0 Å². The third-order valence-corrected chi connectivity index (χ3v) is 1.47. The van der Waals surface area contributed by atoms with E-state index >= 15 is 0 Å². The van der Waals surface area contributed by atoms with Crippen LogP contribution < -0.4 is 5.73 Å². The van der Waals surface area contributed by atoms with Gasteiger partial charge in [0.1, 0.15) is 0 Å². The SMILES string of the molecule is CC(CCN)N(C)C. The van der Waals surface area contributed by atoms with Crippen molar-refractivity contribution in [2.24, 2.45) is 5.73 Å². The van der Waals surface area contributed by atoms with Gasteiger partial charge >= 0.3 is 0 Å². The van der Waals surface area contributed by atoms with Crippen LogP contribution in [0.1, 0.15) is 13.3 Å². The van der Waals surface area contributed by atoms with Crippen LogP contribution in [0.3, 0.4) is 0 Å². The summed E-state index contributed by atoms with van der Waals surface area (Å²) in [6, 6.07) is 0.625. The van der Waals surface area contributed by atoms with Gasteiger partial charge in [-0.1, -0.05) is 0 Å². The Labute approximate surface area is 51.7 Å². The van der Waals surface area contributed by atoms with E-state index in [-0.39, 0.29) is 0 Å². The van der Waals surface area contributed by atoms with Gasteiger partial charge in [0.25, 0.3) is 0 Å². The predicted molar refractivity (Wildman–Crippen MR) is 36.8 cm³/mol. The van der Waals surface area contributed by atoms with Gasteiger partial charge in [-0.15, -0.1) is 0 Å². The van der Waals surface area contributed by atoms with E-state index in [0.29, 0.717) is 6.04 Å². The molecule has 0 rings (SSSR count). The minimum absolute atomic E-state index is 0.625. The molecule has 2 heteroatoms. The Kier molecular flexibility index (Phi) is 3.83. The first-order valence-electron chi connectivity index (χ1n) is 3.05. The van der Waals surface area contributed by atoms with Gasteiger partial charge in [-0.25, -0.2) is 0 Å². The predicted octanol–water partition coefficient (Wildman–Crippen LogP) is 0.285. The molecule has 0 aromatic rings. The molecule has 0 bridgehead atoms. The van der Waals surface area contributed by atoms with Crippen LogP contribution in [0.15, 0.2) is 0 Å². The monoisotopic (exact) mass is 116 g/mol. The molecule has 0 fully saturated rings. The van der Waals surface area contributed by atoms with E-state index in [1.54, 1.807) is 0 Å². The van der Waals surface area contributed by atoms with Crippen LogP contribution in [0.4, 0.5) is 0 Å². The summed E-state index contributed by atoms with van der Waals surface area (Å²) < 4.78 is 0. The van der Waals surface area contributed by atoms with Crippen molar-refractivity contribution in [3.8, 4) is 0 Å². The molecule has 0 radical (unpaired) electrons. The summed E-state index contributed by atoms with van der Waals surface area (Å²) >= 11 is 0. The van der Waals surface area contributed by atoms with Crippen molar-refractivity contribution in [3.05, 3.63) is 0 Å². The Hall–Kier alpha value is -0.0800. The van der Waals surface area contributed by atoms with Gasteiger partial charge in [0.2, 0.25) is 0 Å². The molecule has 0 aliphatic carbocycles. The van der Waals surface area contributed by atoms with Gasteiger partial charge in [0.15, 0.2) is 0 Å². The molecule has 1 atom stereocenters. The quantitative estimate of drug-likeness (QED) is 0.574. The Morgan fingerprint density at radius 2 is 2.00 bits per heavy atom. The number of hydrogen-bond acceptors (Lipinski definition) is 2. The zero-order valence-electron chi connectivity index (χ0n) is 6.02. The topological polar surface area (TPSA) is 29.3 Å². The van der Waals surface area contributed by atoms with Gasteiger partial charge in [0.05, 0.1) is 0 Å². The summed E-state index contributed by atoms with van der Waals surface area (Å²) in [5, 5.41) is 0. The molecule has 0 saturated heterocycles. The Morgan fingerprint density at radius 1 is 1.50 bits per heavy atom.